The fraction of sp³-hybridized carbons (Fsp3) is 0.833. The number of amides is 1. The predicted molar refractivity (Wildman–Crippen MR) is 44.6 cm³/mol. The van der Waals surface area contributed by atoms with Crippen molar-refractivity contribution in [1.82, 2.24) is 5.32 Å². The van der Waals surface area contributed by atoms with Crippen LogP contribution in [0.2, 0.25) is 0 Å². The molecule has 1 atom stereocenters. The molecule has 0 unspecified atom stereocenters. The van der Waals surface area contributed by atoms with E-state index in [0.29, 0.717) is 6.42 Å². The summed E-state index contributed by atoms with van der Waals surface area (Å²) in [5.41, 5.74) is 5.17. The molecule has 0 aliphatic carbocycles. The molecule has 0 aliphatic heterocycles. The lowest BCUT2D eigenvalue weighted by molar-refractivity contribution is -0.139. The Kier molecular flexibility index (Phi) is 6.97. The highest BCUT2D eigenvalue weighted by Crippen LogP contribution is 2.12. The number of rotatable bonds is 3. The molecule has 0 aromatic carbocycles. The Balaban J connectivity index is 0. The van der Waals surface area contributed by atoms with E-state index in [2.05, 4.69) is 0 Å². The molecule has 0 spiro atoms. The zero-order chi connectivity index (χ0) is 9.78. The highest BCUT2D eigenvalue weighted by molar-refractivity contribution is 5.85. The van der Waals surface area contributed by atoms with E-state index < -0.39 is 24.7 Å². The molecule has 0 aliphatic rings. The first-order valence-electron chi connectivity index (χ1n) is 3.47. The number of alkyl halides is 3. The van der Waals surface area contributed by atoms with Crippen LogP contribution in [0, 0.1) is 0 Å². The van der Waals surface area contributed by atoms with Crippen LogP contribution >= 0.6 is 12.4 Å². The van der Waals surface area contributed by atoms with Gasteiger partial charge in [-0.1, -0.05) is 6.92 Å². The molecule has 0 saturated carbocycles. The summed E-state index contributed by atoms with van der Waals surface area (Å²) in [4.78, 5) is 10.7. The topological polar surface area (TPSA) is 55.1 Å². The Morgan fingerprint density at radius 1 is 1.54 bits per heavy atom. The maximum Gasteiger partial charge on any atom is 0.405 e. The first kappa shape index (κ1) is 15.0. The van der Waals surface area contributed by atoms with Crippen LogP contribution in [0.5, 0.6) is 0 Å². The van der Waals surface area contributed by atoms with Gasteiger partial charge < -0.3 is 11.1 Å². The number of nitrogens with two attached hydrogens (primary N) is 1. The highest BCUT2D eigenvalue weighted by Gasteiger charge is 2.28. The van der Waals surface area contributed by atoms with Gasteiger partial charge in [-0.2, -0.15) is 13.2 Å². The van der Waals surface area contributed by atoms with Crippen molar-refractivity contribution in [2.45, 2.75) is 25.6 Å². The Morgan fingerprint density at radius 2 is 2.00 bits per heavy atom. The van der Waals surface area contributed by atoms with Gasteiger partial charge in [-0.15, -0.1) is 12.4 Å². The summed E-state index contributed by atoms with van der Waals surface area (Å²) in [6.45, 7) is 0.303. The van der Waals surface area contributed by atoms with Crippen LogP contribution in [-0.4, -0.2) is 24.7 Å². The molecular weight excluding hydrogens is 209 g/mol. The van der Waals surface area contributed by atoms with Gasteiger partial charge in [0.25, 0.3) is 0 Å². The summed E-state index contributed by atoms with van der Waals surface area (Å²) < 4.78 is 34.6. The summed E-state index contributed by atoms with van der Waals surface area (Å²) in [6, 6.07) is -0.854. The molecule has 0 aromatic heterocycles. The molecule has 3 nitrogen and oxygen atoms in total. The minimum atomic E-state index is -4.37. The summed E-state index contributed by atoms with van der Waals surface area (Å²) in [6.07, 6.45) is -4.05. The lowest BCUT2D eigenvalue weighted by Gasteiger charge is -2.11. The molecule has 0 rings (SSSR count). The minimum absolute atomic E-state index is 0. The van der Waals surface area contributed by atoms with Crippen molar-refractivity contribution in [3.05, 3.63) is 0 Å². The number of halogens is 4. The summed E-state index contributed by atoms with van der Waals surface area (Å²) in [5.74, 6) is -0.769. The number of carbonyl (C=O) groups is 1. The zero-order valence-electron chi connectivity index (χ0n) is 7.02. The average Bonchev–Trinajstić information content (AvgIpc) is 1.97. The van der Waals surface area contributed by atoms with Gasteiger partial charge in [0.1, 0.15) is 6.54 Å². The summed E-state index contributed by atoms with van der Waals surface area (Å²) >= 11 is 0. The average molecular weight is 221 g/mol. The van der Waals surface area contributed by atoms with Crippen LogP contribution < -0.4 is 11.1 Å². The summed E-state index contributed by atoms with van der Waals surface area (Å²) in [7, 11) is 0. The van der Waals surface area contributed by atoms with Gasteiger partial charge in [-0.25, -0.2) is 0 Å². The zero-order valence-corrected chi connectivity index (χ0v) is 7.84. The Morgan fingerprint density at radius 3 is 2.31 bits per heavy atom. The van der Waals surface area contributed by atoms with Crippen LogP contribution in [0.3, 0.4) is 0 Å². The van der Waals surface area contributed by atoms with Crippen molar-refractivity contribution in [3.63, 3.8) is 0 Å². The third-order valence-corrected chi connectivity index (χ3v) is 1.24. The Labute approximate surface area is 80.3 Å². The van der Waals surface area contributed by atoms with Crippen molar-refractivity contribution in [3.8, 4) is 0 Å². The van der Waals surface area contributed by atoms with E-state index in [0.717, 1.165) is 0 Å². The maximum atomic E-state index is 11.5. The molecule has 1 amide bonds. The molecule has 0 heterocycles. The lowest BCUT2D eigenvalue weighted by atomic mass is 10.2. The van der Waals surface area contributed by atoms with E-state index >= 15 is 0 Å². The van der Waals surface area contributed by atoms with Crippen LogP contribution in [0.4, 0.5) is 13.2 Å². The number of hydrogen-bond acceptors (Lipinski definition) is 2. The largest absolute Gasteiger partial charge is 0.405 e. The molecule has 0 bridgehead atoms. The lowest BCUT2D eigenvalue weighted by Crippen LogP contribution is -2.43. The van der Waals surface area contributed by atoms with Crippen LogP contribution in [0.15, 0.2) is 0 Å². The predicted octanol–water partition coefficient (Wildman–Crippen LogP) is 0.824. The second-order valence-electron chi connectivity index (χ2n) is 2.35. The van der Waals surface area contributed by atoms with Gasteiger partial charge in [0.05, 0.1) is 6.04 Å². The fourth-order valence-electron chi connectivity index (χ4n) is 0.504. The van der Waals surface area contributed by atoms with Gasteiger partial charge in [-0.05, 0) is 6.42 Å². The first-order valence-corrected chi connectivity index (χ1v) is 3.47. The van der Waals surface area contributed by atoms with E-state index in [4.69, 9.17) is 5.73 Å². The van der Waals surface area contributed by atoms with E-state index in [1.807, 2.05) is 0 Å². The Hall–Kier alpha value is -0.490. The molecule has 0 fully saturated rings. The van der Waals surface area contributed by atoms with Crippen molar-refractivity contribution in [2.75, 3.05) is 6.54 Å². The standard InChI is InChI=1S/C6H11F3N2O.ClH/c1-2-4(10)5(12)11-3-6(7,8)9;/h4H,2-3,10H2,1H3,(H,11,12);1H/t4-;/m1./s1. The van der Waals surface area contributed by atoms with E-state index in [1.54, 1.807) is 12.2 Å². The molecule has 3 N–H and O–H groups in total. The fourth-order valence-corrected chi connectivity index (χ4v) is 0.504. The molecule has 13 heavy (non-hydrogen) atoms. The van der Waals surface area contributed by atoms with Crippen LogP contribution in [0.25, 0.3) is 0 Å². The normalized spacial score (nSPS) is 13.0. The SMILES string of the molecule is CC[C@@H](N)C(=O)NCC(F)(F)F.Cl. The minimum Gasteiger partial charge on any atom is -0.346 e. The van der Waals surface area contributed by atoms with Gasteiger partial charge in [0.15, 0.2) is 0 Å². The quantitative estimate of drug-likeness (QED) is 0.740. The molecule has 0 radical (unpaired) electrons. The number of hydrogen-bond donors (Lipinski definition) is 2. The number of nitrogens with one attached hydrogen (secondary N) is 1. The first-order chi connectivity index (χ1) is 5.37. The smallest absolute Gasteiger partial charge is 0.346 e. The van der Waals surface area contributed by atoms with Crippen molar-refractivity contribution >= 4 is 18.3 Å². The second kappa shape index (κ2) is 6.04. The van der Waals surface area contributed by atoms with Crippen LogP contribution in [-0.2, 0) is 4.79 Å². The summed E-state index contributed by atoms with van der Waals surface area (Å²) in [5, 5.41) is 1.68. The monoisotopic (exact) mass is 220 g/mol. The van der Waals surface area contributed by atoms with Gasteiger partial charge in [0, 0.05) is 0 Å². The van der Waals surface area contributed by atoms with E-state index in [-0.39, 0.29) is 12.4 Å². The van der Waals surface area contributed by atoms with E-state index in [1.165, 1.54) is 0 Å². The molecule has 0 saturated heterocycles. The highest BCUT2D eigenvalue weighted by atomic mass is 35.5. The van der Waals surface area contributed by atoms with Gasteiger partial charge in [-0.3, -0.25) is 4.79 Å². The van der Waals surface area contributed by atoms with Crippen molar-refractivity contribution in [2.24, 2.45) is 5.73 Å². The van der Waals surface area contributed by atoms with Crippen molar-refractivity contribution in [1.29, 1.82) is 0 Å². The third-order valence-electron chi connectivity index (χ3n) is 1.24. The molecule has 0 aromatic rings. The third kappa shape index (κ3) is 7.86. The maximum absolute atomic E-state index is 11.5. The van der Waals surface area contributed by atoms with Crippen molar-refractivity contribution < 1.29 is 18.0 Å². The molecular formula is C6H12ClF3N2O. The van der Waals surface area contributed by atoms with Gasteiger partial charge in [0.2, 0.25) is 5.91 Å². The van der Waals surface area contributed by atoms with E-state index in [9.17, 15) is 18.0 Å². The Bertz CT molecular complexity index is 162. The molecule has 7 heteroatoms. The second-order valence-corrected chi connectivity index (χ2v) is 2.35. The van der Waals surface area contributed by atoms with Gasteiger partial charge >= 0.3 is 6.18 Å². The van der Waals surface area contributed by atoms with Crippen LogP contribution in [0.1, 0.15) is 13.3 Å². The molecule has 80 valence electrons. The number of carbonyl (C=O) groups excluding carboxylic acids is 1.